The van der Waals surface area contributed by atoms with Crippen molar-refractivity contribution >= 4 is 17.7 Å². The molecule has 2 amide bonds. The van der Waals surface area contributed by atoms with Gasteiger partial charge in [0.1, 0.15) is 18.0 Å². The number of rotatable bonds is 10. The Morgan fingerprint density at radius 2 is 1.59 bits per heavy atom. The average Bonchev–Trinajstić information content (AvgIpc) is 3.71. The molecule has 0 unspecified atom stereocenters. The van der Waals surface area contributed by atoms with Gasteiger partial charge in [0, 0.05) is 24.7 Å². The van der Waals surface area contributed by atoms with Gasteiger partial charge in [-0.15, -0.1) is 0 Å². The highest BCUT2D eigenvalue weighted by Gasteiger charge is 2.29. The van der Waals surface area contributed by atoms with Gasteiger partial charge in [0.25, 0.3) is 0 Å². The minimum Gasteiger partial charge on any atom is -0.489 e. The van der Waals surface area contributed by atoms with E-state index < -0.39 is 5.60 Å². The van der Waals surface area contributed by atoms with Crippen molar-refractivity contribution in [3.05, 3.63) is 95.6 Å². The Morgan fingerprint density at radius 1 is 0.892 bits per heavy atom. The number of nitrogens with zero attached hydrogens (tertiary/aromatic N) is 1. The van der Waals surface area contributed by atoms with Crippen LogP contribution in [0.3, 0.4) is 0 Å². The Labute approximate surface area is 219 Å². The zero-order valence-electron chi connectivity index (χ0n) is 21.9. The summed E-state index contributed by atoms with van der Waals surface area (Å²) < 4.78 is 11.7. The highest BCUT2D eigenvalue weighted by atomic mass is 16.6. The Kier molecular flexibility index (Phi) is 8.49. The number of benzene rings is 3. The fourth-order valence-corrected chi connectivity index (χ4v) is 3.92. The Hall–Kier alpha value is -3.80. The first-order valence-corrected chi connectivity index (χ1v) is 12.9. The predicted octanol–water partition coefficient (Wildman–Crippen LogP) is 6.59. The molecule has 1 saturated carbocycles. The quantitative estimate of drug-likeness (QED) is 0.341. The summed E-state index contributed by atoms with van der Waals surface area (Å²) in [6, 6.07) is 25.6. The van der Waals surface area contributed by atoms with E-state index in [0.717, 1.165) is 41.8 Å². The molecule has 0 spiro atoms. The lowest BCUT2D eigenvalue weighted by atomic mass is 10.1. The van der Waals surface area contributed by atoms with Crippen molar-refractivity contribution in [3.8, 4) is 5.75 Å². The summed E-state index contributed by atoms with van der Waals surface area (Å²) in [5.41, 5.74) is 3.32. The van der Waals surface area contributed by atoms with Gasteiger partial charge in [-0.05, 0) is 81.0 Å². The van der Waals surface area contributed by atoms with Gasteiger partial charge in [-0.2, -0.15) is 0 Å². The second kappa shape index (κ2) is 12.0. The van der Waals surface area contributed by atoms with Crippen LogP contribution in [-0.2, 0) is 29.1 Å². The third-order valence-corrected chi connectivity index (χ3v) is 5.98. The van der Waals surface area contributed by atoms with Gasteiger partial charge in [-0.1, -0.05) is 54.6 Å². The average molecular weight is 501 g/mol. The summed E-state index contributed by atoms with van der Waals surface area (Å²) >= 11 is 0. The van der Waals surface area contributed by atoms with Crippen molar-refractivity contribution in [1.82, 2.24) is 4.90 Å². The van der Waals surface area contributed by atoms with Crippen LogP contribution in [-0.4, -0.2) is 29.0 Å². The molecule has 37 heavy (non-hydrogen) atoms. The third kappa shape index (κ3) is 8.67. The zero-order valence-corrected chi connectivity index (χ0v) is 21.9. The Bertz CT molecular complexity index is 1200. The topological polar surface area (TPSA) is 67.9 Å². The van der Waals surface area contributed by atoms with Gasteiger partial charge in [0.2, 0.25) is 5.91 Å². The SMILES string of the molecule is CC(C)(C)OC(=O)N(CCc1ccccc1)Cc1cccc(OCc2cccc(NC(=O)C3CC3)c2)c1. The number of carbonyl (C=O) groups is 2. The van der Waals surface area contributed by atoms with E-state index in [4.69, 9.17) is 9.47 Å². The molecule has 1 aliphatic rings. The van der Waals surface area contributed by atoms with E-state index in [0.29, 0.717) is 19.7 Å². The van der Waals surface area contributed by atoms with E-state index in [1.54, 1.807) is 4.90 Å². The molecule has 1 fully saturated rings. The lowest BCUT2D eigenvalue weighted by molar-refractivity contribution is -0.117. The Morgan fingerprint density at radius 3 is 2.32 bits per heavy atom. The number of hydrogen-bond acceptors (Lipinski definition) is 4. The molecule has 6 heteroatoms. The third-order valence-electron chi connectivity index (χ3n) is 5.98. The second-order valence-corrected chi connectivity index (χ2v) is 10.5. The molecule has 1 N–H and O–H groups in total. The molecule has 3 aromatic rings. The highest BCUT2D eigenvalue weighted by Crippen LogP contribution is 2.30. The fraction of sp³-hybridized carbons (Fsp3) is 0.355. The van der Waals surface area contributed by atoms with Crippen LogP contribution in [0.15, 0.2) is 78.9 Å². The number of hydrogen-bond donors (Lipinski definition) is 1. The van der Waals surface area contributed by atoms with Crippen molar-refractivity contribution in [2.24, 2.45) is 5.92 Å². The van der Waals surface area contributed by atoms with E-state index in [1.165, 1.54) is 5.56 Å². The molecule has 0 saturated heterocycles. The first-order chi connectivity index (χ1) is 17.7. The highest BCUT2D eigenvalue weighted by molar-refractivity contribution is 5.94. The largest absolute Gasteiger partial charge is 0.489 e. The van der Waals surface area contributed by atoms with Crippen LogP contribution in [0.1, 0.15) is 50.3 Å². The smallest absolute Gasteiger partial charge is 0.410 e. The molecule has 0 radical (unpaired) electrons. The van der Waals surface area contributed by atoms with E-state index >= 15 is 0 Å². The number of nitrogens with one attached hydrogen (secondary N) is 1. The molecule has 6 nitrogen and oxygen atoms in total. The number of amides is 2. The molecule has 4 rings (SSSR count). The van der Waals surface area contributed by atoms with E-state index in [1.807, 2.05) is 87.5 Å². The lowest BCUT2D eigenvalue weighted by Gasteiger charge is -2.27. The minimum absolute atomic E-state index is 0.0903. The van der Waals surface area contributed by atoms with Gasteiger partial charge in [0.15, 0.2) is 0 Å². The number of anilines is 1. The van der Waals surface area contributed by atoms with Crippen LogP contribution in [0.4, 0.5) is 10.5 Å². The number of carbonyl (C=O) groups excluding carboxylic acids is 2. The molecular formula is C31H36N2O4. The van der Waals surface area contributed by atoms with E-state index in [2.05, 4.69) is 17.4 Å². The molecule has 0 heterocycles. The molecule has 0 atom stereocenters. The monoisotopic (exact) mass is 500 g/mol. The van der Waals surface area contributed by atoms with Crippen LogP contribution in [0, 0.1) is 5.92 Å². The van der Waals surface area contributed by atoms with Crippen molar-refractivity contribution in [3.63, 3.8) is 0 Å². The number of ether oxygens (including phenoxy) is 2. The van der Waals surface area contributed by atoms with E-state index in [-0.39, 0.29) is 17.9 Å². The van der Waals surface area contributed by atoms with Crippen LogP contribution in [0.25, 0.3) is 0 Å². The molecule has 194 valence electrons. The van der Waals surface area contributed by atoms with Gasteiger partial charge >= 0.3 is 6.09 Å². The van der Waals surface area contributed by atoms with Crippen LogP contribution in [0.5, 0.6) is 5.75 Å². The maximum absolute atomic E-state index is 13.0. The summed E-state index contributed by atoms with van der Waals surface area (Å²) in [6.45, 7) is 6.97. The summed E-state index contributed by atoms with van der Waals surface area (Å²) in [5, 5.41) is 2.98. The molecule has 0 aliphatic heterocycles. The zero-order chi connectivity index (χ0) is 26.3. The maximum Gasteiger partial charge on any atom is 0.410 e. The van der Waals surface area contributed by atoms with E-state index in [9.17, 15) is 9.59 Å². The van der Waals surface area contributed by atoms with Gasteiger partial charge < -0.3 is 19.7 Å². The van der Waals surface area contributed by atoms with Crippen molar-refractivity contribution in [2.45, 2.75) is 58.8 Å². The predicted molar refractivity (Wildman–Crippen MR) is 145 cm³/mol. The summed E-state index contributed by atoms with van der Waals surface area (Å²) in [7, 11) is 0. The molecular weight excluding hydrogens is 464 g/mol. The van der Waals surface area contributed by atoms with Crippen molar-refractivity contribution in [2.75, 3.05) is 11.9 Å². The van der Waals surface area contributed by atoms with Crippen LogP contribution in [0.2, 0.25) is 0 Å². The molecule has 0 bridgehead atoms. The first kappa shape index (κ1) is 26.3. The van der Waals surface area contributed by atoms with Gasteiger partial charge in [-0.25, -0.2) is 4.79 Å². The summed E-state index contributed by atoms with van der Waals surface area (Å²) in [6.07, 6.45) is 2.36. The molecule has 0 aromatic heterocycles. The normalized spacial score (nSPS) is 13.1. The molecule has 1 aliphatic carbocycles. The van der Waals surface area contributed by atoms with Gasteiger partial charge in [-0.3, -0.25) is 4.79 Å². The lowest BCUT2D eigenvalue weighted by Crippen LogP contribution is -2.37. The summed E-state index contributed by atoms with van der Waals surface area (Å²) in [4.78, 5) is 26.8. The fourth-order valence-electron chi connectivity index (χ4n) is 3.92. The van der Waals surface area contributed by atoms with Crippen LogP contribution < -0.4 is 10.1 Å². The Balaban J connectivity index is 1.38. The first-order valence-electron chi connectivity index (χ1n) is 12.9. The molecule has 3 aromatic carbocycles. The van der Waals surface area contributed by atoms with Crippen LogP contribution >= 0.6 is 0 Å². The summed E-state index contributed by atoms with van der Waals surface area (Å²) in [5.74, 6) is 0.972. The second-order valence-electron chi connectivity index (χ2n) is 10.5. The van der Waals surface area contributed by atoms with Crippen molar-refractivity contribution < 1.29 is 19.1 Å². The van der Waals surface area contributed by atoms with Gasteiger partial charge in [0.05, 0.1) is 0 Å². The maximum atomic E-state index is 13.0. The van der Waals surface area contributed by atoms with Crippen molar-refractivity contribution in [1.29, 1.82) is 0 Å². The standard InChI is InChI=1S/C31H36N2O4/c1-31(2,3)37-30(35)33(18-17-23-9-5-4-6-10-23)21-24-11-8-14-28(20-24)36-22-25-12-7-13-27(19-25)32-29(34)26-15-16-26/h4-14,19-20,26H,15-18,21-22H2,1-3H3,(H,32,34). The minimum atomic E-state index is -0.570.